The summed E-state index contributed by atoms with van der Waals surface area (Å²) in [5.41, 5.74) is 4.26. The molecule has 0 saturated carbocycles. The second kappa shape index (κ2) is 5.71. The number of carbonyl (C=O) groups is 1. The molecule has 19 heavy (non-hydrogen) atoms. The molecular weight excluding hydrogens is 266 g/mol. The summed E-state index contributed by atoms with van der Waals surface area (Å²) >= 11 is 0. The van der Waals surface area contributed by atoms with Gasteiger partial charge in [0.15, 0.2) is 6.17 Å². The van der Waals surface area contributed by atoms with Crippen LogP contribution in [-0.4, -0.2) is 23.3 Å². The minimum absolute atomic E-state index is 0.133. The number of alkyl halides is 4. The van der Waals surface area contributed by atoms with Crippen LogP contribution in [-0.2, 0) is 11.0 Å². The fourth-order valence-corrected chi connectivity index (χ4v) is 1.11. The predicted molar refractivity (Wildman–Crippen MR) is 58.8 cm³/mol. The fourth-order valence-electron chi connectivity index (χ4n) is 1.11. The summed E-state index contributed by atoms with van der Waals surface area (Å²) in [5, 5.41) is 8.42. The molecule has 0 bridgehead atoms. The molecule has 0 fully saturated rings. The van der Waals surface area contributed by atoms with Gasteiger partial charge in [0.1, 0.15) is 6.04 Å². The normalized spacial score (nSPS) is 14.2. The highest BCUT2D eigenvalue weighted by molar-refractivity contribution is 5.74. The standard InChI is InChI=1S/C12H9F4NO2/c13-9(10(17)11(18)19)6-3-7-1-4-8(5-2-7)12(14,15)16/h1-2,4-5,9-10H,17H2,(H,18,19)/t9-,10+/m1/s1. The lowest BCUT2D eigenvalue weighted by atomic mass is 10.1. The maximum Gasteiger partial charge on any atom is 0.416 e. The molecule has 7 heteroatoms. The van der Waals surface area contributed by atoms with Gasteiger partial charge in [0.05, 0.1) is 5.56 Å². The molecule has 102 valence electrons. The first-order valence-electron chi connectivity index (χ1n) is 5.03. The van der Waals surface area contributed by atoms with Gasteiger partial charge in [-0.1, -0.05) is 11.8 Å². The van der Waals surface area contributed by atoms with Gasteiger partial charge in [-0.25, -0.2) is 4.39 Å². The highest BCUT2D eigenvalue weighted by atomic mass is 19.4. The van der Waals surface area contributed by atoms with E-state index in [1.54, 1.807) is 0 Å². The van der Waals surface area contributed by atoms with Gasteiger partial charge in [0.2, 0.25) is 0 Å². The van der Waals surface area contributed by atoms with Crippen molar-refractivity contribution in [2.24, 2.45) is 5.73 Å². The maximum atomic E-state index is 13.1. The van der Waals surface area contributed by atoms with E-state index in [0.29, 0.717) is 0 Å². The van der Waals surface area contributed by atoms with Crippen LogP contribution in [0.25, 0.3) is 0 Å². The SMILES string of the molecule is N[C@H](C(=O)O)[C@H](F)C#Cc1ccc(C(F)(F)F)cc1. The molecule has 0 aliphatic rings. The molecule has 0 aliphatic carbocycles. The summed E-state index contributed by atoms with van der Waals surface area (Å²) in [6, 6.07) is 1.94. The van der Waals surface area contributed by atoms with Crippen LogP contribution < -0.4 is 5.73 Å². The third-order valence-corrected chi connectivity index (χ3v) is 2.17. The molecule has 2 atom stereocenters. The number of benzene rings is 1. The van der Waals surface area contributed by atoms with Gasteiger partial charge >= 0.3 is 12.1 Å². The van der Waals surface area contributed by atoms with Crippen molar-refractivity contribution in [2.45, 2.75) is 18.4 Å². The highest BCUT2D eigenvalue weighted by Gasteiger charge is 2.29. The van der Waals surface area contributed by atoms with Gasteiger partial charge in [0.25, 0.3) is 0 Å². The van der Waals surface area contributed by atoms with Gasteiger partial charge in [-0.3, -0.25) is 4.79 Å². The summed E-state index contributed by atoms with van der Waals surface area (Å²) in [4.78, 5) is 10.3. The molecule has 0 radical (unpaired) electrons. The molecule has 0 saturated heterocycles. The number of aliphatic carboxylic acids is 1. The summed E-state index contributed by atoms with van der Waals surface area (Å²) in [6.07, 6.45) is -6.56. The van der Waals surface area contributed by atoms with E-state index >= 15 is 0 Å². The van der Waals surface area contributed by atoms with Crippen molar-refractivity contribution in [1.82, 2.24) is 0 Å². The van der Waals surface area contributed by atoms with E-state index in [2.05, 4.69) is 5.92 Å². The van der Waals surface area contributed by atoms with Gasteiger partial charge in [-0.05, 0) is 24.3 Å². The quantitative estimate of drug-likeness (QED) is 0.639. The number of rotatable bonds is 2. The Hall–Kier alpha value is -2.07. The van der Waals surface area contributed by atoms with Crippen LogP contribution in [0.2, 0.25) is 0 Å². The number of carboxylic acid groups (broad SMARTS) is 1. The molecule has 0 aromatic heterocycles. The lowest BCUT2D eigenvalue weighted by Gasteiger charge is -2.06. The Kier molecular flexibility index (Phi) is 4.51. The number of hydrogen-bond acceptors (Lipinski definition) is 2. The lowest BCUT2D eigenvalue weighted by Crippen LogP contribution is -2.38. The Labute approximate surface area is 106 Å². The largest absolute Gasteiger partial charge is 0.480 e. The van der Waals surface area contributed by atoms with Crippen molar-refractivity contribution in [3.8, 4) is 11.8 Å². The van der Waals surface area contributed by atoms with Crippen molar-refractivity contribution >= 4 is 5.97 Å². The Morgan fingerprint density at radius 3 is 2.21 bits per heavy atom. The van der Waals surface area contributed by atoms with E-state index in [0.717, 1.165) is 24.3 Å². The van der Waals surface area contributed by atoms with E-state index in [1.807, 2.05) is 5.92 Å². The molecule has 0 unspecified atom stereocenters. The van der Waals surface area contributed by atoms with Crippen LogP contribution >= 0.6 is 0 Å². The first-order chi connectivity index (χ1) is 8.71. The predicted octanol–water partition coefficient (Wildman–Crippen LogP) is 1.81. The summed E-state index contributed by atoms with van der Waals surface area (Å²) in [7, 11) is 0. The lowest BCUT2D eigenvalue weighted by molar-refractivity contribution is -0.139. The van der Waals surface area contributed by atoms with Crippen molar-refractivity contribution in [3.05, 3.63) is 35.4 Å². The number of nitrogens with two attached hydrogens (primary N) is 1. The molecule has 3 N–H and O–H groups in total. The highest BCUT2D eigenvalue weighted by Crippen LogP contribution is 2.28. The minimum atomic E-state index is -4.46. The zero-order valence-corrected chi connectivity index (χ0v) is 9.41. The average molecular weight is 275 g/mol. The zero-order chi connectivity index (χ0) is 14.6. The topological polar surface area (TPSA) is 63.3 Å². The molecular formula is C12H9F4NO2. The molecule has 0 heterocycles. The van der Waals surface area contributed by atoms with E-state index in [4.69, 9.17) is 10.8 Å². The second-order valence-corrected chi connectivity index (χ2v) is 3.61. The zero-order valence-electron chi connectivity index (χ0n) is 9.41. The van der Waals surface area contributed by atoms with Crippen LogP contribution in [0, 0.1) is 11.8 Å². The minimum Gasteiger partial charge on any atom is -0.480 e. The monoisotopic (exact) mass is 275 g/mol. The molecule has 1 aromatic carbocycles. The third kappa shape index (κ3) is 4.26. The Morgan fingerprint density at radius 2 is 1.79 bits per heavy atom. The number of carboxylic acids is 1. The van der Waals surface area contributed by atoms with Gasteiger partial charge in [-0.2, -0.15) is 13.2 Å². The third-order valence-electron chi connectivity index (χ3n) is 2.17. The second-order valence-electron chi connectivity index (χ2n) is 3.61. The van der Waals surface area contributed by atoms with E-state index in [9.17, 15) is 22.4 Å². The molecule has 3 nitrogen and oxygen atoms in total. The van der Waals surface area contributed by atoms with Crippen LogP contribution in [0.5, 0.6) is 0 Å². The maximum absolute atomic E-state index is 13.1. The van der Waals surface area contributed by atoms with Gasteiger partial charge in [0, 0.05) is 5.56 Å². The molecule has 1 aromatic rings. The molecule has 1 rings (SSSR count). The Morgan fingerprint density at radius 1 is 1.26 bits per heavy atom. The molecule has 0 aliphatic heterocycles. The smallest absolute Gasteiger partial charge is 0.416 e. The van der Waals surface area contributed by atoms with E-state index in [-0.39, 0.29) is 5.56 Å². The molecule has 0 amide bonds. The summed E-state index contributed by atoms with van der Waals surface area (Å²) in [6.45, 7) is 0. The van der Waals surface area contributed by atoms with E-state index in [1.165, 1.54) is 0 Å². The van der Waals surface area contributed by atoms with Crippen molar-refractivity contribution < 1.29 is 27.5 Å². The average Bonchev–Trinajstić information content (AvgIpc) is 2.34. The first-order valence-corrected chi connectivity index (χ1v) is 5.03. The van der Waals surface area contributed by atoms with Crippen LogP contribution in [0.1, 0.15) is 11.1 Å². The molecule has 0 spiro atoms. The fraction of sp³-hybridized carbons (Fsp3) is 0.250. The van der Waals surface area contributed by atoms with Crippen LogP contribution in [0.15, 0.2) is 24.3 Å². The van der Waals surface area contributed by atoms with E-state index < -0.39 is 29.9 Å². The van der Waals surface area contributed by atoms with Gasteiger partial charge in [-0.15, -0.1) is 0 Å². The van der Waals surface area contributed by atoms with Crippen molar-refractivity contribution in [3.63, 3.8) is 0 Å². The first kappa shape index (κ1) is 15.0. The number of hydrogen-bond donors (Lipinski definition) is 2. The van der Waals surface area contributed by atoms with Crippen molar-refractivity contribution in [2.75, 3.05) is 0 Å². The van der Waals surface area contributed by atoms with Gasteiger partial charge < -0.3 is 10.8 Å². The number of halogens is 4. The van der Waals surface area contributed by atoms with Crippen LogP contribution in [0.4, 0.5) is 17.6 Å². The van der Waals surface area contributed by atoms with Crippen LogP contribution in [0.3, 0.4) is 0 Å². The summed E-state index contributed by atoms with van der Waals surface area (Å²) in [5.74, 6) is 2.61. The Balaban J connectivity index is 2.82. The summed E-state index contributed by atoms with van der Waals surface area (Å²) < 4.78 is 49.9. The van der Waals surface area contributed by atoms with Crippen molar-refractivity contribution in [1.29, 1.82) is 0 Å². The Bertz CT molecular complexity index is 513.